The van der Waals surface area contributed by atoms with Crippen molar-refractivity contribution in [3.05, 3.63) is 29.3 Å². The van der Waals surface area contributed by atoms with E-state index in [4.69, 9.17) is 10.5 Å². The molecule has 2 fully saturated rings. The third kappa shape index (κ3) is 3.47. The van der Waals surface area contributed by atoms with E-state index in [0.717, 1.165) is 37.5 Å². The van der Waals surface area contributed by atoms with Gasteiger partial charge in [0.1, 0.15) is 5.75 Å². The number of nitrogens with two attached hydrogens (primary N) is 1. The average Bonchev–Trinajstić information content (AvgIpc) is 3.49. The molecule has 1 heterocycles. The van der Waals surface area contributed by atoms with Crippen LogP contribution < -0.4 is 15.8 Å². The van der Waals surface area contributed by atoms with Crippen molar-refractivity contribution in [2.75, 3.05) is 33.3 Å². The number of benzene rings is 1. The Labute approximate surface area is 162 Å². The second-order valence-corrected chi connectivity index (χ2v) is 8.73. The summed E-state index contributed by atoms with van der Waals surface area (Å²) >= 11 is 0. The molecule has 27 heavy (non-hydrogen) atoms. The van der Waals surface area contributed by atoms with E-state index in [1.165, 1.54) is 30.5 Å². The van der Waals surface area contributed by atoms with Crippen molar-refractivity contribution < 1.29 is 9.53 Å². The molecule has 1 saturated carbocycles. The molecule has 3 aliphatic rings. The number of carbonyl (C=O) groups is 1. The van der Waals surface area contributed by atoms with Crippen molar-refractivity contribution in [1.82, 2.24) is 10.2 Å². The number of nitrogens with one attached hydrogen (secondary N) is 1. The molecule has 1 aliphatic heterocycles. The number of piperidine rings is 1. The van der Waals surface area contributed by atoms with Crippen molar-refractivity contribution in [3.63, 3.8) is 0 Å². The van der Waals surface area contributed by atoms with Crippen LogP contribution in [0.4, 0.5) is 0 Å². The molecule has 4 rings (SSSR count). The predicted octanol–water partition coefficient (Wildman–Crippen LogP) is 2.07. The molecule has 0 spiro atoms. The van der Waals surface area contributed by atoms with Gasteiger partial charge in [0.25, 0.3) is 0 Å². The van der Waals surface area contributed by atoms with Crippen LogP contribution in [-0.2, 0) is 16.6 Å². The number of rotatable bonds is 7. The van der Waals surface area contributed by atoms with Gasteiger partial charge in [0.2, 0.25) is 5.91 Å². The van der Waals surface area contributed by atoms with Gasteiger partial charge in [-0.3, -0.25) is 9.69 Å². The molecule has 1 aromatic rings. The fourth-order valence-electron chi connectivity index (χ4n) is 5.50. The number of carbonyl (C=O) groups excluding carboxylic acids is 1. The smallest absolute Gasteiger partial charge is 0.233 e. The molecule has 1 aromatic carbocycles. The molecule has 5 nitrogen and oxygen atoms in total. The molecule has 2 bridgehead atoms. The lowest BCUT2D eigenvalue weighted by molar-refractivity contribution is -0.119. The summed E-state index contributed by atoms with van der Waals surface area (Å²) in [5.41, 5.74) is 8.48. The maximum atomic E-state index is 11.7. The SMILES string of the molecule is COc1ccc2c(c1)C1(CCNC(=O)CN)CCN(CC3CC3)[C@H](C2)[C@@H]1C. The summed E-state index contributed by atoms with van der Waals surface area (Å²) in [5.74, 6) is 2.36. The predicted molar refractivity (Wildman–Crippen MR) is 107 cm³/mol. The van der Waals surface area contributed by atoms with Crippen molar-refractivity contribution in [3.8, 4) is 5.75 Å². The lowest BCUT2D eigenvalue weighted by atomic mass is 9.56. The Morgan fingerprint density at radius 1 is 1.41 bits per heavy atom. The molecule has 1 unspecified atom stereocenters. The van der Waals surface area contributed by atoms with Crippen LogP contribution >= 0.6 is 0 Å². The van der Waals surface area contributed by atoms with E-state index in [-0.39, 0.29) is 17.9 Å². The Morgan fingerprint density at radius 3 is 2.93 bits per heavy atom. The average molecular weight is 372 g/mol. The first-order chi connectivity index (χ1) is 13.1. The molecule has 148 valence electrons. The van der Waals surface area contributed by atoms with Gasteiger partial charge in [-0.05, 0) is 73.7 Å². The summed E-state index contributed by atoms with van der Waals surface area (Å²) in [5, 5.41) is 3.00. The minimum absolute atomic E-state index is 0.0603. The van der Waals surface area contributed by atoms with Crippen LogP contribution in [0, 0.1) is 11.8 Å². The second-order valence-electron chi connectivity index (χ2n) is 8.73. The molecule has 1 amide bonds. The lowest BCUT2D eigenvalue weighted by Gasteiger charge is -2.56. The molecule has 3 atom stereocenters. The van der Waals surface area contributed by atoms with Crippen molar-refractivity contribution >= 4 is 5.91 Å². The van der Waals surface area contributed by atoms with E-state index >= 15 is 0 Å². The summed E-state index contributed by atoms with van der Waals surface area (Å²) in [7, 11) is 1.74. The fourth-order valence-corrected chi connectivity index (χ4v) is 5.50. The minimum Gasteiger partial charge on any atom is -0.497 e. The molecule has 1 saturated heterocycles. The van der Waals surface area contributed by atoms with E-state index in [1.807, 2.05) is 0 Å². The van der Waals surface area contributed by atoms with Crippen molar-refractivity contribution in [1.29, 1.82) is 0 Å². The van der Waals surface area contributed by atoms with Gasteiger partial charge in [-0.2, -0.15) is 0 Å². The molecule has 5 heteroatoms. The zero-order valence-electron chi connectivity index (χ0n) is 16.7. The summed E-state index contributed by atoms with van der Waals surface area (Å²) in [4.78, 5) is 14.4. The van der Waals surface area contributed by atoms with Gasteiger partial charge in [-0.1, -0.05) is 13.0 Å². The van der Waals surface area contributed by atoms with Gasteiger partial charge >= 0.3 is 0 Å². The zero-order chi connectivity index (χ0) is 19.0. The number of fused-ring (bicyclic) bond motifs is 4. The monoisotopic (exact) mass is 371 g/mol. The van der Waals surface area contributed by atoms with Gasteiger partial charge in [0.15, 0.2) is 0 Å². The first-order valence-corrected chi connectivity index (χ1v) is 10.5. The first kappa shape index (κ1) is 18.8. The highest BCUT2D eigenvalue weighted by Crippen LogP contribution is 2.52. The van der Waals surface area contributed by atoms with Gasteiger partial charge in [-0.15, -0.1) is 0 Å². The van der Waals surface area contributed by atoms with E-state index in [9.17, 15) is 4.79 Å². The normalized spacial score (nSPS) is 29.9. The topological polar surface area (TPSA) is 67.6 Å². The minimum atomic E-state index is -0.0663. The summed E-state index contributed by atoms with van der Waals surface area (Å²) < 4.78 is 5.54. The van der Waals surface area contributed by atoms with Crippen molar-refractivity contribution in [2.24, 2.45) is 17.6 Å². The van der Waals surface area contributed by atoms with Crippen LogP contribution in [0.25, 0.3) is 0 Å². The van der Waals surface area contributed by atoms with E-state index in [2.05, 4.69) is 35.3 Å². The number of amides is 1. The highest BCUT2D eigenvalue weighted by Gasteiger charge is 2.51. The molecule has 3 N–H and O–H groups in total. The third-order valence-electron chi connectivity index (χ3n) is 7.31. The maximum Gasteiger partial charge on any atom is 0.233 e. The Balaban J connectivity index is 1.64. The van der Waals surface area contributed by atoms with Gasteiger partial charge in [-0.25, -0.2) is 0 Å². The quantitative estimate of drug-likeness (QED) is 0.770. The number of methoxy groups -OCH3 is 1. The molecular weight excluding hydrogens is 338 g/mol. The van der Waals surface area contributed by atoms with Gasteiger partial charge < -0.3 is 15.8 Å². The largest absolute Gasteiger partial charge is 0.497 e. The highest BCUT2D eigenvalue weighted by molar-refractivity contribution is 5.77. The Hall–Kier alpha value is -1.59. The number of likely N-dealkylation sites (tertiary alicyclic amines) is 1. The van der Waals surface area contributed by atoms with E-state index < -0.39 is 0 Å². The number of hydrogen-bond donors (Lipinski definition) is 2. The number of hydrogen-bond acceptors (Lipinski definition) is 4. The van der Waals surface area contributed by atoms with E-state index in [1.54, 1.807) is 7.11 Å². The molecule has 2 aliphatic carbocycles. The summed E-state index contributed by atoms with van der Waals surface area (Å²) in [6.07, 6.45) is 6.05. The highest BCUT2D eigenvalue weighted by atomic mass is 16.5. The van der Waals surface area contributed by atoms with E-state index in [0.29, 0.717) is 18.5 Å². The number of ether oxygens (including phenoxy) is 1. The maximum absolute atomic E-state index is 11.7. The number of nitrogens with zero attached hydrogens (tertiary/aromatic N) is 1. The Kier molecular flexibility index (Phi) is 5.17. The van der Waals surface area contributed by atoms with Gasteiger partial charge in [0.05, 0.1) is 13.7 Å². The molecule has 0 aromatic heterocycles. The third-order valence-corrected chi connectivity index (χ3v) is 7.31. The van der Waals surface area contributed by atoms with Crippen LogP contribution in [0.5, 0.6) is 5.75 Å². The van der Waals surface area contributed by atoms with Crippen LogP contribution in [0.3, 0.4) is 0 Å². The first-order valence-electron chi connectivity index (χ1n) is 10.5. The van der Waals surface area contributed by atoms with Crippen LogP contribution in [-0.4, -0.2) is 50.1 Å². The standard InChI is InChI=1S/C22H33N3O2/c1-15-20-11-17-5-6-18(27-2)12-19(17)22(15,7-9-24-21(26)13-23)8-10-25(20)14-16-3-4-16/h5-6,12,15-16,20H,3-4,7-11,13-14,23H2,1-2H3,(H,24,26)/t15-,20+,22?/m0/s1. The van der Waals surface area contributed by atoms with Crippen LogP contribution in [0.1, 0.15) is 43.7 Å². The van der Waals surface area contributed by atoms with Crippen LogP contribution in [0.2, 0.25) is 0 Å². The van der Waals surface area contributed by atoms with Crippen molar-refractivity contribution in [2.45, 2.75) is 50.5 Å². The van der Waals surface area contributed by atoms with Crippen LogP contribution in [0.15, 0.2) is 18.2 Å². The summed E-state index contributed by atoms with van der Waals surface area (Å²) in [6, 6.07) is 7.22. The fraction of sp³-hybridized carbons (Fsp3) is 0.682. The summed E-state index contributed by atoms with van der Waals surface area (Å²) in [6.45, 7) is 5.60. The lowest BCUT2D eigenvalue weighted by Crippen LogP contribution is -2.60. The zero-order valence-corrected chi connectivity index (χ0v) is 16.7. The Morgan fingerprint density at radius 2 is 2.22 bits per heavy atom. The Bertz CT molecular complexity index is 703. The second kappa shape index (κ2) is 7.44. The molecule has 0 radical (unpaired) electrons. The molecular formula is C22H33N3O2. The van der Waals surface area contributed by atoms with Gasteiger partial charge in [0, 0.05) is 24.5 Å².